The third-order valence-electron chi connectivity index (χ3n) is 3.14. The van der Waals surface area contributed by atoms with Gasteiger partial charge in [-0.3, -0.25) is 0 Å². The smallest absolute Gasteiger partial charge is 0.126 e. The topological polar surface area (TPSA) is 14.1 Å². The number of hydrogen-bond donors (Lipinski definition) is 0. The molecule has 0 aliphatic rings. The van der Waals surface area contributed by atoms with E-state index < -0.39 is 0 Å². The summed E-state index contributed by atoms with van der Waals surface area (Å²) in [6, 6.07) is 17.2. The van der Waals surface area contributed by atoms with Crippen LogP contribution in [0.15, 0.2) is 54.6 Å². The first-order valence-corrected chi connectivity index (χ1v) is 6.18. The van der Waals surface area contributed by atoms with Crippen LogP contribution in [0.25, 0.3) is 5.32 Å². The Bertz CT molecular complexity index is 481. The van der Waals surface area contributed by atoms with E-state index in [1.54, 1.807) is 6.07 Å². The van der Waals surface area contributed by atoms with Crippen LogP contribution in [0.3, 0.4) is 0 Å². The van der Waals surface area contributed by atoms with E-state index in [0.717, 1.165) is 12.0 Å². The molecule has 0 spiro atoms. The minimum Gasteiger partial charge on any atom is -0.658 e. The molecule has 0 aliphatic heterocycles. The van der Waals surface area contributed by atoms with E-state index in [9.17, 15) is 4.39 Å². The normalized spacial score (nSPS) is 12.3. The molecule has 0 heterocycles. The first-order valence-electron chi connectivity index (χ1n) is 6.18. The lowest BCUT2D eigenvalue weighted by molar-refractivity contribution is 0.597. The molecule has 18 heavy (non-hydrogen) atoms. The zero-order valence-electron chi connectivity index (χ0n) is 10.5. The predicted octanol–water partition coefficient (Wildman–Crippen LogP) is 4.50. The monoisotopic (exact) mass is 242 g/mol. The van der Waals surface area contributed by atoms with Crippen molar-refractivity contribution in [3.63, 3.8) is 0 Å². The summed E-state index contributed by atoms with van der Waals surface area (Å²) in [5.74, 6) is -0.125. The van der Waals surface area contributed by atoms with Crippen LogP contribution >= 0.6 is 0 Å². The number of hydrogen-bond acceptors (Lipinski definition) is 0. The molecule has 0 amide bonds. The molecule has 0 aliphatic carbocycles. The molecule has 0 radical (unpaired) electrons. The van der Waals surface area contributed by atoms with Gasteiger partial charge in [0.15, 0.2) is 0 Å². The molecule has 2 rings (SSSR count). The molecule has 2 heteroatoms. The average molecular weight is 242 g/mol. The molecule has 0 aromatic heterocycles. The fraction of sp³-hybridized carbons (Fsp3) is 0.250. The molecule has 0 saturated heterocycles. The zero-order valence-corrected chi connectivity index (χ0v) is 10.5. The van der Waals surface area contributed by atoms with Crippen molar-refractivity contribution in [3.8, 4) is 0 Å². The van der Waals surface area contributed by atoms with Crippen LogP contribution < -0.4 is 0 Å². The molecule has 0 unspecified atom stereocenters. The van der Waals surface area contributed by atoms with Crippen molar-refractivity contribution < 1.29 is 4.39 Å². The highest BCUT2D eigenvalue weighted by Gasteiger charge is 2.04. The Hall–Kier alpha value is -1.67. The molecule has 0 N–H and O–H groups in total. The molecule has 2 aromatic rings. The fourth-order valence-corrected chi connectivity index (χ4v) is 2.11. The zero-order chi connectivity index (χ0) is 12.8. The molecule has 0 bridgehead atoms. The molecule has 1 atom stereocenters. The Kier molecular flexibility index (Phi) is 4.48. The van der Waals surface area contributed by atoms with Crippen molar-refractivity contribution in [2.45, 2.75) is 18.9 Å². The van der Waals surface area contributed by atoms with Gasteiger partial charge in [-0.05, 0) is 18.1 Å². The fourth-order valence-electron chi connectivity index (χ4n) is 2.11. The van der Waals surface area contributed by atoms with Gasteiger partial charge in [-0.25, -0.2) is 4.39 Å². The lowest BCUT2D eigenvalue weighted by atomic mass is 9.99. The maximum Gasteiger partial charge on any atom is 0.126 e. The van der Waals surface area contributed by atoms with E-state index in [1.165, 1.54) is 11.6 Å². The lowest BCUT2D eigenvalue weighted by Gasteiger charge is -2.28. The van der Waals surface area contributed by atoms with E-state index in [1.807, 2.05) is 37.4 Å². The Morgan fingerprint density at radius 2 is 1.67 bits per heavy atom. The molecule has 0 saturated carbocycles. The number of benzene rings is 2. The van der Waals surface area contributed by atoms with Gasteiger partial charge in [0.25, 0.3) is 0 Å². The highest BCUT2D eigenvalue weighted by molar-refractivity contribution is 5.24. The van der Waals surface area contributed by atoms with E-state index in [-0.39, 0.29) is 11.9 Å². The quantitative estimate of drug-likeness (QED) is 0.732. The van der Waals surface area contributed by atoms with Crippen LogP contribution in [-0.2, 0) is 6.42 Å². The second kappa shape index (κ2) is 6.31. The van der Waals surface area contributed by atoms with Gasteiger partial charge in [0.1, 0.15) is 5.82 Å². The lowest BCUT2D eigenvalue weighted by Crippen LogP contribution is -2.00. The third-order valence-corrected chi connectivity index (χ3v) is 3.14. The van der Waals surface area contributed by atoms with E-state index in [4.69, 9.17) is 0 Å². The average Bonchev–Trinajstić information content (AvgIpc) is 2.42. The van der Waals surface area contributed by atoms with Crippen LogP contribution in [0, 0.1) is 5.82 Å². The molecule has 2 aromatic carbocycles. The number of rotatable bonds is 5. The van der Waals surface area contributed by atoms with Crippen molar-refractivity contribution in [2.24, 2.45) is 0 Å². The second-order valence-electron chi connectivity index (χ2n) is 4.31. The van der Waals surface area contributed by atoms with Crippen molar-refractivity contribution in [1.82, 2.24) is 0 Å². The van der Waals surface area contributed by atoms with Gasteiger partial charge in [0, 0.05) is 0 Å². The van der Waals surface area contributed by atoms with Crippen LogP contribution in [0.4, 0.5) is 4.39 Å². The summed E-state index contributed by atoms with van der Waals surface area (Å²) in [5, 5.41) is 4.38. The van der Waals surface area contributed by atoms with Gasteiger partial charge in [-0.1, -0.05) is 60.5 Å². The van der Waals surface area contributed by atoms with Gasteiger partial charge < -0.3 is 5.32 Å². The minimum absolute atomic E-state index is 0.125. The largest absolute Gasteiger partial charge is 0.658 e. The van der Waals surface area contributed by atoms with Gasteiger partial charge >= 0.3 is 0 Å². The maximum atomic E-state index is 13.5. The van der Waals surface area contributed by atoms with E-state index in [0.29, 0.717) is 6.42 Å². The number of nitrogens with zero attached hydrogens (tertiary/aromatic N) is 1. The van der Waals surface area contributed by atoms with Crippen molar-refractivity contribution >= 4 is 0 Å². The summed E-state index contributed by atoms with van der Waals surface area (Å²) >= 11 is 0. The summed E-state index contributed by atoms with van der Waals surface area (Å²) in [6.07, 6.45) is 1.55. The number of aryl methyl sites for hydroxylation is 1. The highest BCUT2D eigenvalue weighted by atomic mass is 19.1. The summed E-state index contributed by atoms with van der Waals surface area (Å²) < 4.78 is 13.5. The van der Waals surface area contributed by atoms with Gasteiger partial charge in [-0.15, -0.1) is 6.04 Å². The molecule has 1 nitrogen and oxygen atoms in total. The molecular weight excluding hydrogens is 225 g/mol. The molecular formula is C16H17FN-. The Balaban J connectivity index is 2.02. The summed E-state index contributed by atoms with van der Waals surface area (Å²) in [4.78, 5) is 0. The Labute approximate surface area is 108 Å². The highest BCUT2D eigenvalue weighted by Crippen LogP contribution is 2.26. The van der Waals surface area contributed by atoms with Crippen molar-refractivity contribution in [1.29, 1.82) is 0 Å². The summed E-state index contributed by atoms with van der Waals surface area (Å²) in [5.41, 5.74) is 1.96. The minimum atomic E-state index is -0.125. The van der Waals surface area contributed by atoms with Gasteiger partial charge in [0.05, 0.1) is 0 Å². The van der Waals surface area contributed by atoms with Crippen LogP contribution in [0.2, 0.25) is 0 Å². The first-order chi connectivity index (χ1) is 8.81. The van der Waals surface area contributed by atoms with Crippen molar-refractivity contribution in [2.75, 3.05) is 7.05 Å². The second-order valence-corrected chi connectivity index (χ2v) is 4.31. The first kappa shape index (κ1) is 12.8. The van der Waals surface area contributed by atoms with Gasteiger partial charge in [0.2, 0.25) is 0 Å². The molecule has 94 valence electrons. The Morgan fingerprint density at radius 3 is 2.33 bits per heavy atom. The third kappa shape index (κ3) is 3.17. The maximum absolute atomic E-state index is 13.5. The van der Waals surface area contributed by atoms with Crippen LogP contribution in [0.5, 0.6) is 0 Å². The summed E-state index contributed by atoms with van der Waals surface area (Å²) in [7, 11) is 1.82. The molecule has 0 fully saturated rings. The number of halogens is 1. The van der Waals surface area contributed by atoms with E-state index >= 15 is 0 Å². The van der Waals surface area contributed by atoms with Crippen LogP contribution in [0.1, 0.15) is 23.6 Å². The van der Waals surface area contributed by atoms with Gasteiger partial charge in [-0.2, -0.15) is 7.05 Å². The predicted molar refractivity (Wildman–Crippen MR) is 73.2 cm³/mol. The Morgan fingerprint density at radius 1 is 1.00 bits per heavy atom. The van der Waals surface area contributed by atoms with Crippen molar-refractivity contribution in [3.05, 3.63) is 76.9 Å². The van der Waals surface area contributed by atoms with E-state index in [2.05, 4.69) is 17.4 Å². The SMILES string of the molecule is C[N-][C@H](CCc1ccccc1F)c1ccccc1. The standard InChI is InChI=1S/C16H17FN/c1-18-16(14-8-3-2-4-9-14)12-11-13-7-5-6-10-15(13)17/h2-10,16H,11-12H2,1H3/q-1/t16-/m1/s1. The summed E-state index contributed by atoms with van der Waals surface area (Å²) in [6.45, 7) is 0. The van der Waals surface area contributed by atoms with Crippen LogP contribution in [-0.4, -0.2) is 7.05 Å².